The van der Waals surface area contributed by atoms with Gasteiger partial charge < -0.3 is 10.2 Å². The molecule has 2 aromatic heterocycles. The van der Waals surface area contributed by atoms with E-state index < -0.39 is 0 Å². The molecule has 2 aliphatic heterocycles. The number of hydrogen-bond acceptors (Lipinski definition) is 5. The van der Waals surface area contributed by atoms with E-state index in [0.717, 1.165) is 62.4 Å². The predicted octanol–water partition coefficient (Wildman–Crippen LogP) is 4.96. The van der Waals surface area contributed by atoms with Gasteiger partial charge in [-0.25, -0.2) is 9.67 Å². The lowest BCUT2D eigenvalue weighted by Crippen LogP contribution is -2.29. The molecule has 0 unspecified atom stereocenters. The van der Waals surface area contributed by atoms with Gasteiger partial charge in [-0.3, -0.25) is 4.79 Å². The van der Waals surface area contributed by atoms with Crippen molar-refractivity contribution in [2.24, 2.45) is 11.8 Å². The molecule has 6 nitrogen and oxygen atoms in total. The summed E-state index contributed by atoms with van der Waals surface area (Å²) in [5.41, 5.74) is 1.58. The summed E-state index contributed by atoms with van der Waals surface area (Å²) in [6.07, 6.45) is 14.4. The Kier molecular flexibility index (Phi) is 7.06. The number of pyridine rings is 1. The van der Waals surface area contributed by atoms with Crippen molar-refractivity contribution in [3.05, 3.63) is 17.8 Å². The molecule has 174 valence electrons. The quantitative estimate of drug-likeness (QED) is 0.647. The van der Waals surface area contributed by atoms with Crippen molar-refractivity contribution < 1.29 is 4.79 Å². The van der Waals surface area contributed by atoms with E-state index >= 15 is 0 Å². The van der Waals surface area contributed by atoms with Gasteiger partial charge >= 0.3 is 0 Å². The van der Waals surface area contributed by atoms with Crippen LogP contribution in [-0.4, -0.2) is 46.7 Å². The molecule has 3 aliphatic rings. The van der Waals surface area contributed by atoms with Crippen molar-refractivity contribution in [3.63, 3.8) is 0 Å². The zero-order chi connectivity index (χ0) is 21.8. The molecule has 1 saturated carbocycles. The van der Waals surface area contributed by atoms with Crippen LogP contribution in [0, 0.1) is 11.8 Å². The first kappa shape index (κ1) is 21.9. The van der Waals surface area contributed by atoms with Gasteiger partial charge in [0.2, 0.25) is 0 Å². The van der Waals surface area contributed by atoms with E-state index in [0.29, 0.717) is 24.0 Å². The Bertz CT molecular complexity index is 902. The third-order valence-corrected chi connectivity index (χ3v) is 7.86. The van der Waals surface area contributed by atoms with Gasteiger partial charge in [0.15, 0.2) is 11.4 Å². The van der Waals surface area contributed by atoms with Gasteiger partial charge in [0.1, 0.15) is 11.5 Å². The Labute approximate surface area is 192 Å². The highest BCUT2D eigenvalue weighted by Crippen LogP contribution is 2.29. The van der Waals surface area contributed by atoms with Crippen molar-refractivity contribution in [1.29, 1.82) is 0 Å². The minimum Gasteiger partial charge on any atom is -0.357 e. The molecule has 3 fully saturated rings. The summed E-state index contributed by atoms with van der Waals surface area (Å²) in [5.74, 6) is 2.39. The Balaban J connectivity index is 1.45. The summed E-state index contributed by atoms with van der Waals surface area (Å²) in [6.45, 7) is 5.10. The highest BCUT2D eigenvalue weighted by molar-refractivity contribution is 6.05. The summed E-state index contributed by atoms with van der Waals surface area (Å²) in [7, 11) is 0. The van der Waals surface area contributed by atoms with Gasteiger partial charge in [0, 0.05) is 26.1 Å². The molecule has 0 amide bonds. The first-order valence-corrected chi connectivity index (χ1v) is 13.1. The number of Topliss-reactive ketones (excluding diaryl/α,β-unsaturated/α-hetero) is 1. The molecule has 6 heteroatoms. The molecule has 1 aliphatic carbocycles. The highest BCUT2D eigenvalue weighted by atomic mass is 16.1. The smallest absolute Gasteiger partial charge is 0.184 e. The molecule has 0 spiro atoms. The molecule has 0 bridgehead atoms. The first-order valence-electron chi connectivity index (χ1n) is 13.1. The number of fused-ring (bicyclic) bond motifs is 1. The lowest BCUT2D eigenvalue weighted by atomic mass is 9.89. The van der Waals surface area contributed by atoms with Crippen LogP contribution in [-0.2, 0) is 6.54 Å². The molecule has 2 aromatic rings. The topological polar surface area (TPSA) is 63.1 Å². The van der Waals surface area contributed by atoms with Gasteiger partial charge in [0.05, 0.1) is 5.39 Å². The maximum Gasteiger partial charge on any atom is 0.184 e. The fourth-order valence-corrected chi connectivity index (χ4v) is 5.91. The van der Waals surface area contributed by atoms with E-state index in [1.165, 1.54) is 57.8 Å². The summed E-state index contributed by atoms with van der Waals surface area (Å²) in [6, 6.07) is 4.25. The Morgan fingerprint density at radius 2 is 1.62 bits per heavy atom. The SMILES string of the molecule is O=C(CC1CCNCC1)c1nn(CC2CCCCC2)c2nc(N3CCCCCC3)ccc12. The summed E-state index contributed by atoms with van der Waals surface area (Å²) < 4.78 is 2.09. The molecular weight excluding hydrogens is 398 g/mol. The van der Waals surface area contributed by atoms with Crippen molar-refractivity contribution >= 4 is 22.6 Å². The van der Waals surface area contributed by atoms with Crippen molar-refractivity contribution in [1.82, 2.24) is 20.1 Å². The maximum atomic E-state index is 13.3. The van der Waals surface area contributed by atoms with Gasteiger partial charge in [-0.05, 0) is 75.6 Å². The number of piperidine rings is 1. The van der Waals surface area contributed by atoms with Crippen LogP contribution in [0.15, 0.2) is 12.1 Å². The largest absolute Gasteiger partial charge is 0.357 e. The monoisotopic (exact) mass is 437 g/mol. The number of carbonyl (C=O) groups excluding carboxylic acids is 1. The number of ketones is 1. The van der Waals surface area contributed by atoms with E-state index in [4.69, 9.17) is 10.1 Å². The predicted molar refractivity (Wildman–Crippen MR) is 129 cm³/mol. The second-order valence-corrected chi connectivity index (χ2v) is 10.3. The molecule has 2 saturated heterocycles. The molecule has 32 heavy (non-hydrogen) atoms. The van der Waals surface area contributed by atoms with E-state index in [1.54, 1.807) is 0 Å². The normalized spacial score (nSPS) is 21.7. The van der Waals surface area contributed by atoms with Crippen LogP contribution in [0.4, 0.5) is 5.82 Å². The lowest BCUT2D eigenvalue weighted by molar-refractivity contribution is 0.0948. The van der Waals surface area contributed by atoms with Crippen LogP contribution >= 0.6 is 0 Å². The lowest BCUT2D eigenvalue weighted by Gasteiger charge is -2.23. The second kappa shape index (κ2) is 10.3. The summed E-state index contributed by atoms with van der Waals surface area (Å²) >= 11 is 0. The number of carbonyl (C=O) groups is 1. The van der Waals surface area contributed by atoms with Crippen LogP contribution in [0.25, 0.3) is 11.0 Å². The number of aromatic nitrogens is 3. The maximum absolute atomic E-state index is 13.3. The van der Waals surface area contributed by atoms with Crippen molar-refractivity contribution in [2.75, 3.05) is 31.1 Å². The number of nitrogens with one attached hydrogen (secondary N) is 1. The first-order chi connectivity index (χ1) is 15.8. The van der Waals surface area contributed by atoms with Crippen LogP contribution in [0.5, 0.6) is 0 Å². The number of anilines is 1. The van der Waals surface area contributed by atoms with Crippen LogP contribution in [0.2, 0.25) is 0 Å². The minimum atomic E-state index is 0.202. The molecule has 0 aromatic carbocycles. The van der Waals surface area contributed by atoms with E-state index in [-0.39, 0.29) is 5.78 Å². The second-order valence-electron chi connectivity index (χ2n) is 10.3. The van der Waals surface area contributed by atoms with Crippen LogP contribution in [0.1, 0.15) is 87.5 Å². The Morgan fingerprint density at radius 3 is 2.38 bits per heavy atom. The van der Waals surface area contributed by atoms with Gasteiger partial charge in [-0.2, -0.15) is 5.10 Å². The van der Waals surface area contributed by atoms with E-state index in [9.17, 15) is 4.79 Å². The average Bonchev–Trinajstić information content (AvgIpc) is 2.99. The molecule has 5 rings (SSSR count). The van der Waals surface area contributed by atoms with Gasteiger partial charge in [0.25, 0.3) is 0 Å². The molecular formula is C26H39N5O. The zero-order valence-corrected chi connectivity index (χ0v) is 19.5. The van der Waals surface area contributed by atoms with Crippen LogP contribution < -0.4 is 10.2 Å². The third kappa shape index (κ3) is 5.00. The Morgan fingerprint density at radius 1 is 0.906 bits per heavy atom. The number of rotatable bonds is 6. The molecule has 1 N–H and O–H groups in total. The van der Waals surface area contributed by atoms with E-state index in [1.807, 2.05) is 0 Å². The fourth-order valence-electron chi connectivity index (χ4n) is 5.91. The fraction of sp³-hybridized carbons (Fsp3) is 0.731. The molecule has 0 radical (unpaired) electrons. The van der Waals surface area contributed by atoms with Crippen LogP contribution in [0.3, 0.4) is 0 Å². The zero-order valence-electron chi connectivity index (χ0n) is 19.5. The van der Waals surface area contributed by atoms with Gasteiger partial charge in [-0.1, -0.05) is 32.1 Å². The highest BCUT2D eigenvalue weighted by Gasteiger charge is 2.25. The summed E-state index contributed by atoms with van der Waals surface area (Å²) in [4.78, 5) is 20.9. The van der Waals surface area contributed by atoms with Crippen molar-refractivity contribution in [2.45, 2.75) is 83.6 Å². The minimum absolute atomic E-state index is 0.202. The summed E-state index contributed by atoms with van der Waals surface area (Å²) in [5, 5.41) is 9.28. The number of nitrogens with zero attached hydrogens (tertiary/aromatic N) is 4. The number of hydrogen-bond donors (Lipinski definition) is 1. The third-order valence-electron chi connectivity index (χ3n) is 7.86. The standard InChI is InChI=1S/C26H39N5O/c32-23(18-20-12-14-27-15-13-20)25-22-10-11-24(30-16-6-1-2-7-17-30)28-26(22)31(29-25)19-21-8-4-3-5-9-21/h10-11,20-21,27H,1-9,12-19H2. The van der Waals surface area contributed by atoms with Gasteiger partial charge in [-0.15, -0.1) is 0 Å². The molecule has 0 atom stereocenters. The Hall–Kier alpha value is -1.95. The van der Waals surface area contributed by atoms with Crippen molar-refractivity contribution in [3.8, 4) is 0 Å². The molecule has 4 heterocycles. The van der Waals surface area contributed by atoms with E-state index in [2.05, 4.69) is 27.0 Å². The average molecular weight is 438 g/mol.